The summed E-state index contributed by atoms with van der Waals surface area (Å²) in [6, 6.07) is 1.76. The number of carboxylic acids is 3. The predicted molar refractivity (Wildman–Crippen MR) is 116 cm³/mol. The van der Waals surface area contributed by atoms with Crippen LogP contribution in [0.3, 0.4) is 0 Å². The third-order valence-electron chi connectivity index (χ3n) is 5.28. The molecule has 0 aliphatic carbocycles. The molecule has 0 radical (unpaired) electrons. The molecule has 3 heterocycles. The number of aliphatic hydroxyl groups is 1. The first kappa shape index (κ1) is 23.1. The molecule has 0 unspecified atom stereocenters. The first-order valence-electron chi connectivity index (χ1n) is 9.75. The SMILES string of the molecule is Cc1ncc(CO)c(C=Nc2c([O-])c3cc(C(=O)O)nc3c3c(C(=O)O)cc(C(=O)O)[nH]c23)c1[O-]. The first-order valence-corrected chi connectivity index (χ1v) is 9.75. The van der Waals surface area contributed by atoms with Gasteiger partial charge < -0.3 is 35.6 Å². The summed E-state index contributed by atoms with van der Waals surface area (Å²) in [6.45, 7) is 0.859. The van der Waals surface area contributed by atoms with Gasteiger partial charge in [0.2, 0.25) is 0 Å². The third kappa shape index (κ3) is 3.75. The van der Waals surface area contributed by atoms with Crippen molar-refractivity contribution < 1.29 is 45.0 Å². The second kappa shape index (κ2) is 8.39. The van der Waals surface area contributed by atoms with Gasteiger partial charge in [-0.3, -0.25) is 9.98 Å². The molecule has 0 saturated heterocycles. The molecular weight excluding hydrogens is 464 g/mol. The van der Waals surface area contributed by atoms with Gasteiger partial charge in [-0.1, -0.05) is 11.5 Å². The van der Waals surface area contributed by atoms with Crippen LogP contribution in [-0.2, 0) is 6.61 Å². The van der Waals surface area contributed by atoms with Gasteiger partial charge in [0.25, 0.3) is 0 Å². The van der Waals surface area contributed by atoms with E-state index in [4.69, 9.17) is 0 Å². The highest BCUT2D eigenvalue weighted by atomic mass is 16.4. The zero-order valence-corrected chi connectivity index (χ0v) is 17.7. The second-order valence-electron chi connectivity index (χ2n) is 7.37. The molecule has 0 aliphatic heterocycles. The number of pyridine rings is 2. The fourth-order valence-electron chi connectivity index (χ4n) is 3.59. The molecule has 0 amide bonds. The Labute approximate surface area is 194 Å². The Morgan fingerprint density at radius 1 is 1.09 bits per heavy atom. The molecule has 4 rings (SSSR count). The molecule has 4 aromatic rings. The number of aliphatic imine (C=N–C) groups is 1. The molecule has 0 aliphatic rings. The van der Waals surface area contributed by atoms with E-state index in [2.05, 4.69) is 19.9 Å². The first-order chi connectivity index (χ1) is 16.5. The number of aliphatic hydroxyl groups excluding tert-OH is 1. The summed E-state index contributed by atoms with van der Waals surface area (Å²) in [5.74, 6) is -6.04. The van der Waals surface area contributed by atoms with Crippen LogP contribution in [0.1, 0.15) is 48.2 Å². The number of nitrogens with zero attached hydrogens (tertiary/aromatic N) is 3. The van der Waals surface area contributed by atoms with E-state index in [1.54, 1.807) is 0 Å². The number of nitrogens with one attached hydrogen (secondary N) is 1. The second-order valence-corrected chi connectivity index (χ2v) is 7.37. The Morgan fingerprint density at radius 3 is 2.40 bits per heavy atom. The molecule has 1 aromatic carbocycles. The van der Waals surface area contributed by atoms with Crippen LogP contribution in [0.4, 0.5) is 5.69 Å². The number of aromatic carboxylic acids is 3. The fraction of sp³-hybridized carbons (Fsp3) is 0.0909. The van der Waals surface area contributed by atoms with Gasteiger partial charge in [-0.2, -0.15) is 0 Å². The van der Waals surface area contributed by atoms with Gasteiger partial charge in [-0.15, -0.1) is 0 Å². The van der Waals surface area contributed by atoms with Crippen molar-refractivity contribution in [1.82, 2.24) is 15.0 Å². The summed E-state index contributed by atoms with van der Waals surface area (Å²) in [5, 5.41) is 63.3. The van der Waals surface area contributed by atoms with Gasteiger partial charge in [-0.05, 0) is 30.0 Å². The quantitative estimate of drug-likeness (QED) is 0.244. The predicted octanol–water partition coefficient (Wildman–Crippen LogP) is 0.904. The van der Waals surface area contributed by atoms with E-state index in [9.17, 15) is 45.0 Å². The molecule has 0 atom stereocenters. The summed E-state index contributed by atoms with van der Waals surface area (Å²) < 4.78 is 0. The third-order valence-corrected chi connectivity index (χ3v) is 5.28. The maximum atomic E-state index is 13.3. The van der Waals surface area contributed by atoms with E-state index in [0.717, 1.165) is 18.3 Å². The van der Waals surface area contributed by atoms with Gasteiger partial charge in [0.05, 0.1) is 28.9 Å². The van der Waals surface area contributed by atoms with Crippen LogP contribution in [0.2, 0.25) is 0 Å². The highest BCUT2D eigenvalue weighted by Crippen LogP contribution is 2.42. The molecule has 5 N–H and O–H groups in total. The number of H-pyrrole nitrogens is 1. The molecule has 0 saturated carbocycles. The van der Waals surface area contributed by atoms with Gasteiger partial charge >= 0.3 is 17.9 Å². The highest BCUT2D eigenvalue weighted by Gasteiger charge is 2.23. The minimum atomic E-state index is -1.56. The average Bonchev–Trinajstić information content (AvgIpc) is 3.27. The summed E-state index contributed by atoms with van der Waals surface area (Å²) >= 11 is 0. The van der Waals surface area contributed by atoms with Crippen molar-refractivity contribution in [2.45, 2.75) is 13.5 Å². The number of aromatic amines is 1. The summed E-state index contributed by atoms with van der Waals surface area (Å²) in [5.41, 5.74) is -2.68. The Morgan fingerprint density at radius 2 is 1.80 bits per heavy atom. The van der Waals surface area contributed by atoms with E-state index >= 15 is 0 Å². The zero-order chi connectivity index (χ0) is 25.6. The van der Waals surface area contributed by atoms with Gasteiger partial charge in [0.15, 0.2) is 0 Å². The highest BCUT2D eigenvalue weighted by molar-refractivity contribution is 6.21. The number of rotatable bonds is 6. The van der Waals surface area contributed by atoms with Crippen LogP contribution >= 0.6 is 0 Å². The topological polar surface area (TPSA) is 232 Å². The van der Waals surface area contributed by atoms with Crippen molar-refractivity contribution in [2.24, 2.45) is 4.99 Å². The van der Waals surface area contributed by atoms with E-state index in [0.29, 0.717) is 0 Å². The Kier molecular flexibility index (Phi) is 5.54. The minimum Gasteiger partial charge on any atom is -0.871 e. The lowest BCUT2D eigenvalue weighted by Gasteiger charge is -2.18. The minimum absolute atomic E-state index is 0.0885. The number of aryl methyl sites for hydroxylation is 1. The lowest BCUT2D eigenvalue weighted by Crippen LogP contribution is -2.08. The molecule has 0 spiro atoms. The molecule has 0 fully saturated rings. The lowest BCUT2D eigenvalue weighted by atomic mass is 10.0. The van der Waals surface area contributed by atoms with Crippen molar-refractivity contribution in [1.29, 1.82) is 0 Å². The largest absolute Gasteiger partial charge is 0.871 e. The molecule has 3 aromatic heterocycles. The van der Waals surface area contributed by atoms with E-state index in [1.165, 1.54) is 13.1 Å². The van der Waals surface area contributed by atoms with E-state index in [-0.39, 0.29) is 38.6 Å². The molecule has 13 heteroatoms. The molecule has 0 bridgehead atoms. The number of hydrogen-bond acceptors (Lipinski definition) is 9. The van der Waals surface area contributed by atoms with Crippen LogP contribution in [0.15, 0.2) is 23.3 Å². The van der Waals surface area contributed by atoms with Crippen LogP contribution < -0.4 is 10.2 Å². The number of carboxylic acid groups (broad SMARTS) is 3. The van der Waals surface area contributed by atoms with Gasteiger partial charge in [-0.25, -0.2) is 19.4 Å². The molecule has 35 heavy (non-hydrogen) atoms. The Balaban J connectivity index is 2.16. The normalized spacial score (nSPS) is 11.5. The van der Waals surface area contributed by atoms with Crippen molar-refractivity contribution in [3.63, 3.8) is 0 Å². The number of benzene rings is 1. The van der Waals surface area contributed by atoms with Crippen molar-refractivity contribution >= 4 is 51.6 Å². The Bertz CT molecular complexity index is 1600. The van der Waals surface area contributed by atoms with Crippen LogP contribution in [0.25, 0.3) is 21.8 Å². The van der Waals surface area contributed by atoms with Crippen LogP contribution in [0.5, 0.6) is 11.5 Å². The van der Waals surface area contributed by atoms with E-state index in [1.807, 2.05) is 0 Å². The fourth-order valence-corrected chi connectivity index (χ4v) is 3.59. The number of fused-ring (bicyclic) bond motifs is 3. The average molecular weight is 478 g/mol. The summed E-state index contributed by atoms with van der Waals surface area (Å²) in [4.78, 5) is 49.3. The van der Waals surface area contributed by atoms with Crippen molar-refractivity contribution in [2.75, 3.05) is 0 Å². The molecule has 13 nitrogen and oxygen atoms in total. The lowest BCUT2D eigenvalue weighted by molar-refractivity contribution is -0.270. The van der Waals surface area contributed by atoms with E-state index < -0.39 is 58.7 Å². The number of hydrogen-bond donors (Lipinski definition) is 5. The molecule has 178 valence electrons. The Hall–Kier alpha value is -5.04. The number of carbonyl (C=O) groups is 3. The van der Waals surface area contributed by atoms with Crippen LogP contribution in [0, 0.1) is 6.92 Å². The zero-order valence-electron chi connectivity index (χ0n) is 17.7. The van der Waals surface area contributed by atoms with Gasteiger partial charge in [0.1, 0.15) is 11.4 Å². The van der Waals surface area contributed by atoms with Crippen molar-refractivity contribution in [3.8, 4) is 11.5 Å². The standard InChI is InChI=1S/C22H16N4O9/c1-7-18(28)11(8(6-27)4-23-7)5-24-17-16-14(9(20(30)31)2-12(26-16)21(32)33)15-10(19(17)29)3-13(25-15)22(34)35/h2-5,26-29H,6H2,1H3,(H,30,31)(H,32,33)(H,34,35)/p-2. The maximum Gasteiger partial charge on any atom is 0.354 e. The van der Waals surface area contributed by atoms with Gasteiger partial charge in [0, 0.05) is 29.1 Å². The summed E-state index contributed by atoms with van der Waals surface area (Å²) in [7, 11) is 0. The monoisotopic (exact) mass is 478 g/mol. The van der Waals surface area contributed by atoms with Crippen LogP contribution in [-0.4, -0.2) is 59.5 Å². The number of aromatic nitrogens is 3. The maximum absolute atomic E-state index is 13.3. The smallest absolute Gasteiger partial charge is 0.354 e. The molecular formula is C22H14N4O9-2. The summed E-state index contributed by atoms with van der Waals surface area (Å²) in [6.07, 6.45) is 2.22. The van der Waals surface area contributed by atoms with Crippen molar-refractivity contribution in [3.05, 3.63) is 52.1 Å².